The Balaban J connectivity index is 2.84. The predicted molar refractivity (Wildman–Crippen MR) is 105 cm³/mol. The summed E-state index contributed by atoms with van der Waals surface area (Å²) in [6.07, 6.45) is 1.22. The Morgan fingerprint density at radius 3 is 2.26 bits per heavy atom. The van der Waals surface area contributed by atoms with Crippen molar-refractivity contribution in [2.24, 2.45) is 17.8 Å². The van der Waals surface area contributed by atoms with Gasteiger partial charge in [0.15, 0.2) is 0 Å². The lowest BCUT2D eigenvalue weighted by Crippen LogP contribution is -2.36. The van der Waals surface area contributed by atoms with E-state index in [0.29, 0.717) is 12.8 Å². The molecule has 0 fully saturated rings. The summed E-state index contributed by atoms with van der Waals surface area (Å²) in [6.45, 7) is 9.73. The van der Waals surface area contributed by atoms with Crippen LogP contribution in [0.1, 0.15) is 59.4 Å². The van der Waals surface area contributed by atoms with Crippen LogP contribution >= 0.6 is 0 Å². The van der Waals surface area contributed by atoms with E-state index in [1.165, 1.54) is 0 Å². The summed E-state index contributed by atoms with van der Waals surface area (Å²) < 4.78 is 10.9. The Bertz CT molecular complexity index is 574. The van der Waals surface area contributed by atoms with E-state index in [9.17, 15) is 14.7 Å². The number of carbonyl (C=O) groups excluding carboxylic acids is 2. The fourth-order valence-corrected chi connectivity index (χ4v) is 3.09. The van der Waals surface area contributed by atoms with E-state index in [0.717, 1.165) is 5.56 Å². The van der Waals surface area contributed by atoms with Gasteiger partial charge in [-0.05, 0) is 51.0 Å². The molecule has 152 valence electrons. The SMILES string of the molecule is CC(C)C(CCCO)[C@H](CC(=O)OCc1ccccc1)C(=O)OC(C)(C)C. The molecule has 0 saturated carbocycles. The first-order valence-electron chi connectivity index (χ1n) is 9.67. The Labute approximate surface area is 163 Å². The molecule has 27 heavy (non-hydrogen) atoms. The van der Waals surface area contributed by atoms with Gasteiger partial charge in [0.2, 0.25) is 0 Å². The lowest BCUT2D eigenvalue weighted by molar-refractivity contribution is -0.167. The quantitative estimate of drug-likeness (QED) is 0.620. The number of ether oxygens (including phenoxy) is 2. The number of rotatable bonds is 10. The molecule has 0 saturated heterocycles. The molecule has 0 aliphatic carbocycles. The van der Waals surface area contributed by atoms with Gasteiger partial charge in [0.25, 0.3) is 0 Å². The van der Waals surface area contributed by atoms with E-state index in [2.05, 4.69) is 0 Å². The molecule has 0 amide bonds. The Kier molecular flexibility index (Phi) is 9.50. The van der Waals surface area contributed by atoms with E-state index >= 15 is 0 Å². The molecular formula is C22H34O5. The number of esters is 2. The molecule has 1 aromatic carbocycles. The zero-order valence-electron chi connectivity index (χ0n) is 17.2. The van der Waals surface area contributed by atoms with Crippen molar-refractivity contribution in [2.45, 2.75) is 66.1 Å². The molecule has 1 aromatic rings. The van der Waals surface area contributed by atoms with Crippen molar-refractivity contribution >= 4 is 11.9 Å². The third-order valence-corrected chi connectivity index (χ3v) is 4.41. The smallest absolute Gasteiger partial charge is 0.310 e. The molecule has 0 bridgehead atoms. The van der Waals surface area contributed by atoms with E-state index in [1.807, 2.05) is 65.0 Å². The van der Waals surface area contributed by atoms with Crippen LogP contribution in [0.2, 0.25) is 0 Å². The van der Waals surface area contributed by atoms with Crippen molar-refractivity contribution in [1.29, 1.82) is 0 Å². The average Bonchev–Trinajstić information content (AvgIpc) is 2.58. The van der Waals surface area contributed by atoms with Gasteiger partial charge in [-0.1, -0.05) is 44.2 Å². The maximum atomic E-state index is 12.8. The average molecular weight is 379 g/mol. The highest BCUT2D eigenvalue weighted by Gasteiger charge is 2.35. The zero-order valence-corrected chi connectivity index (χ0v) is 17.2. The maximum absolute atomic E-state index is 12.8. The van der Waals surface area contributed by atoms with E-state index in [4.69, 9.17) is 9.47 Å². The van der Waals surface area contributed by atoms with Gasteiger partial charge in [0.05, 0.1) is 12.3 Å². The number of hydrogen-bond acceptors (Lipinski definition) is 5. The summed E-state index contributed by atoms with van der Waals surface area (Å²) in [5.41, 5.74) is 0.280. The summed E-state index contributed by atoms with van der Waals surface area (Å²) in [7, 11) is 0. The van der Waals surface area contributed by atoms with Crippen LogP contribution in [0.3, 0.4) is 0 Å². The van der Waals surface area contributed by atoms with Gasteiger partial charge in [-0.15, -0.1) is 0 Å². The second-order valence-corrected chi connectivity index (χ2v) is 8.26. The summed E-state index contributed by atoms with van der Waals surface area (Å²) in [4.78, 5) is 25.2. The van der Waals surface area contributed by atoms with Crippen molar-refractivity contribution in [3.63, 3.8) is 0 Å². The number of benzene rings is 1. The first-order valence-corrected chi connectivity index (χ1v) is 9.67. The van der Waals surface area contributed by atoms with Gasteiger partial charge in [-0.3, -0.25) is 9.59 Å². The molecule has 5 heteroatoms. The van der Waals surface area contributed by atoms with E-state index in [1.54, 1.807) is 0 Å². The predicted octanol–water partition coefficient (Wildman–Crippen LogP) is 4.12. The lowest BCUT2D eigenvalue weighted by Gasteiger charge is -2.31. The highest BCUT2D eigenvalue weighted by atomic mass is 16.6. The van der Waals surface area contributed by atoms with Gasteiger partial charge in [0, 0.05) is 6.61 Å². The topological polar surface area (TPSA) is 72.8 Å². The highest BCUT2D eigenvalue weighted by Crippen LogP contribution is 2.31. The van der Waals surface area contributed by atoms with Crippen LogP contribution in [-0.2, 0) is 25.7 Å². The molecule has 1 N–H and O–H groups in total. The first-order chi connectivity index (χ1) is 12.6. The number of hydrogen-bond donors (Lipinski definition) is 1. The van der Waals surface area contributed by atoms with Gasteiger partial charge < -0.3 is 14.6 Å². The molecule has 0 heterocycles. The van der Waals surface area contributed by atoms with Crippen molar-refractivity contribution in [2.75, 3.05) is 6.61 Å². The maximum Gasteiger partial charge on any atom is 0.310 e. The molecule has 1 rings (SSSR count). The zero-order chi connectivity index (χ0) is 20.4. The van der Waals surface area contributed by atoms with E-state index in [-0.39, 0.29) is 37.4 Å². The summed E-state index contributed by atoms with van der Waals surface area (Å²) >= 11 is 0. The second-order valence-electron chi connectivity index (χ2n) is 8.26. The van der Waals surface area contributed by atoms with Crippen molar-refractivity contribution in [3.8, 4) is 0 Å². The number of carbonyl (C=O) groups is 2. The van der Waals surface area contributed by atoms with Crippen LogP contribution in [0.5, 0.6) is 0 Å². The highest BCUT2D eigenvalue weighted by molar-refractivity contribution is 5.80. The van der Waals surface area contributed by atoms with Crippen LogP contribution in [-0.4, -0.2) is 29.3 Å². The molecule has 0 aliphatic rings. The van der Waals surface area contributed by atoms with Crippen LogP contribution in [0.15, 0.2) is 30.3 Å². The molecule has 0 aliphatic heterocycles. The molecular weight excluding hydrogens is 344 g/mol. The largest absolute Gasteiger partial charge is 0.461 e. The van der Waals surface area contributed by atoms with Crippen LogP contribution in [0.4, 0.5) is 0 Å². The third kappa shape index (κ3) is 9.05. The fraction of sp³-hybridized carbons (Fsp3) is 0.636. The summed E-state index contributed by atoms with van der Waals surface area (Å²) in [5, 5.41) is 9.19. The Morgan fingerprint density at radius 2 is 1.74 bits per heavy atom. The lowest BCUT2D eigenvalue weighted by atomic mass is 9.78. The summed E-state index contributed by atoms with van der Waals surface area (Å²) in [6, 6.07) is 9.44. The normalized spacial score (nSPS) is 13.9. The van der Waals surface area contributed by atoms with Crippen molar-refractivity contribution < 1.29 is 24.2 Å². The van der Waals surface area contributed by atoms with Gasteiger partial charge in [-0.25, -0.2) is 0 Å². The van der Waals surface area contributed by atoms with Crippen LogP contribution < -0.4 is 0 Å². The fourth-order valence-electron chi connectivity index (χ4n) is 3.09. The Morgan fingerprint density at radius 1 is 1.11 bits per heavy atom. The van der Waals surface area contributed by atoms with Crippen molar-refractivity contribution in [3.05, 3.63) is 35.9 Å². The summed E-state index contributed by atoms with van der Waals surface area (Å²) in [5.74, 6) is -1.26. The molecule has 0 spiro atoms. The number of aliphatic hydroxyl groups excluding tert-OH is 1. The molecule has 0 radical (unpaired) electrons. The minimum Gasteiger partial charge on any atom is -0.461 e. The van der Waals surface area contributed by atoms with Gasteiger partial charge in [0.1, 0.15) is 12.2 Å². The van der Waals surface area contributed by atoms with Gasteiger partial charge in [-0.2, -0.15) is 0 Å². The number of aliphatic hydroxyl groups is 1. The Hall–Kier alpha value is -1.88. The standard InChI is InChI=1S/C22H34O5/c1-16(2)18(12-9-13-23)19(21(25)27-22(3,4)5)14-20(24)26-15-17-10-7-6-8-11-17/h6-8,10-11,16,18-19,23H,9,12-15H2,1-5H3/t18?,19-/m0/s1. The molecule has 5 nitrogen and oxygen atoms in total. The molecule has 0 aromatic heterocycles. The van der Waals surface area contributed by atoms with Crippen LogP contribution in [0.25, 0.3) is 0 Å². The van der Waals surface area contributed by atoms with Crippen molar-refractivity contribution in [1.82, 2.24) is 0 Å². The minimum atomic E-state index is -0.623. The van der Waals surface area contributed by atoms with E-state index < -0.39 is 17.5 Å². The second kappa shape index (κ2) is 11.1. The monoisotopic (exact) mass is 378 g/mol. The third-order valence-electron chi connectivity index (χ3n) is 4.41. The molecule has 2 atom stereocenters. The first kappa shape index (κ1) is 23.2. The molecule has 1 unspecified atom stereocenters. The minimum absolute atomic E-state index is 0.0178. The van der Waals surface area contributed by atoms with Crippen LogP contribution in [0, 0.1) is 17.8 Å². The van der Waals surface area contributed by atoms with Gasteiger partial charge >= 0.3 is 11.9 Å².